The molecule has 0 unspecified atom stereocenters. The van der Waals surface area contributed by atoms with Crippen molar-refractivity contribution < 1.29 is 19.1 Å². The fraction of sp³-hybridized carbons (Fsp3) is 0.130. The van der Waals surface area contributed by atoms with E-state index in [9.17, 15) is 9.59 Å². The van der Waals surface area contributed by atoms with Crippen LogP contribution in [-0.2, 0) is 16.0 Å². The van der Waals surface area contributed by atoms with Crippen molar-refractivity contribution in [2.45, 2.75) is 6.42 Å². The number of ether oxygens (including phenoxy) is 2. The zero-order valence-electron chi connectivity index (χ0n) is 16.0. The summed E-state index contributed by atoms with van der Waals surface area (Å²) in [6, 6.07) is 12.4. The number of nitrogens with one attached hydrogen (secondary N) is 1. The fourth-order valence-corrected chi connectivity index (χ4v) is 2.99. The maximum Gasteiger partial charge on any atom is 0.282 e. The van der Waals surface area contributed by atoms with Crippen LogP contribution in [0.2, 0.25) is 0 Å². The van der Waals surface area contributed by atoms with Crippen molar-refractivity contribution in [2.75, 3.05) is 18.7 Å². The Labute approximate surface area is 169 Å². The minimum absolute atomic E-state index is 0.0257. The average Bonchev–Trinajstić information content (AvgIpc) is 3.01. The first kappa shape index (κ1) is 19.8. The van der Waals surface area contributed by atoms with Gasteiger partial charge in [0.25, 0.3) is 11.8 Å². The fourth-order valence-electron chi connectivity index (χ4n) is 2.99. The van der Waals surface area contributed by atoms with Crippen LogP contribution in [0.3, 0.4) is 0 Å². The second kappa shape index (κ2) is 8.81. The molecule has 1 aliphatic rings. The van der Waals surface area contributed by atoms with E-state index in [4.69, 9.17) is 15.9 Å². The summed E-state index contributed by atoms with van der Waals surface area (Å²) in [5.74, 6) is 2.49. The van der Waals surface area contributed by atoms with Crippen molar-refractivity contribution in [2.24, 2.45) is 0 Å². The summed E-state index contributed by atoms with van der Waals surface area (Å²) < 4.78 is 11.0. The lowest BCUT2D eigenvalue weighted by molar-refractivity contribution is -0.117. The van der Waals surface area contributed by atoms with Crippen molar-refractivity contribution in [3.8, 4) is 23.8 Å². The predicted octanol–water partition coefficient (Wildman–Crippen LogP) is 2.90. The van der Waals surface area contributed by atoms with Gasteiger partial charge in [0, 0.05) is 5.56 Å². The predicted molar refractivity (Wildman–Crippen MR) is 111 cm³/mol. The highest BCUT2D eigenvalue weighted by molar-refractivity contribution is 6.31. The number of hydrazine groups is 1. The van der Waals surface area contributed by atoms with Crippen molar-refractivity contribution in [3.63, 3.8) is 0 Å². The smallest absolute Gasteiger partial charge is 0.282 e. The Morgan fingerprint density at radius 3 is 2.66 bits per heavy atom. The molecular formula is C23H20N2O4. The highest BCUT2D eigenvalue weighted by atomic mass is 16.5. The molecule has 3 rings (SSSR count). The lowest BCUT2D eigenvalue weighted by Gasteiger charge is -2.15. The van der Waals surface area contributed by atoms with Gasteiger partial charge in [-0.1, -0.05) is 30.2 Å². The largest absolute Gasteiger partial charge is 0.493 e. The molecule has 6 nitrogen and oxygen atoms in total. The molecule has 2 aromatic rings. The lowest BCUT2D eigenvalue weighted by atomic mass is 10.0. The SMILES string of the molecule is C#CCOc1c(CC=C)cc(/C=C2/C(=O)NN(c3ccccc3)C2=O)cc1OC. The van der Waals surface area contributed by atoms with Gasteiger partial charge in [-0.2, -0.15) is 0 Å². The molecule has 0 atom stereocenters. The van der Waals surface area contributed by atoms with Crippen LogP contribution < -0.4 is 19.9 Å². The number of anilines is 1. The molecule has 2 aromatic carbocycles. The van der Waals surface area contributed by atoms with Gasteiger partial charge >= 0.3 is 0 Å². The molecule has 146 valence electrons. The first-order valence-electron chi connectivity index (χ1n) is 8.89. The number of amides is 2. The molecule has 0 radical (unpaired) electrons. The molecule has 0 spiro atoms. The number of nitrogens with zero attached hydrogens (tertiary/aromatic N) is 1. The normalized spacial score (nSPS) is 14.5. The Morgan fingerprint density at radius 1 is 1.24 bits per heavy atom. The standard InChI is InChI=1S/C23H20N2O4/c1-4-9-17-13-16(15-20(28-3)21(17)29-12-5-2)14-19-22(26)24-25(23(19)27)18-10-7-6-8-11-18/h2,4,6-8,10-11,13-15H,1,9,12H2,3H3,(H,24,26)/b19-14-. The summed E-state index contributed by atoms with van der Waals surface area (Å²) in [4.78, 5) is 25.2. The van der Waals surface area contributed by atoms with Crippen LogP contribution >= 0.6 is 0 Å². The summed E-state index contributed by atoms with van der Waals surface area (Å²) in [6.45, 7) is 3.85. The molecule has 1 fully saturated rings. The number of benzene rings is 2. The van der Waals surface area contributed by atoms with E-state index in [-0.39, 0.29) is 12.2 Å². The topological polar surface area (TPSA) is 67.9 Å². The van der Waals surface area contributed by atoms with Crippen LogP contribution in [0.4, 0.5) is 5.69 Å². The summed E-state index contributed by atoms with van der Waals surface area (Å²) in [5, 5.41) is 1.22. The van der Waals surface area contributed by atoms with Gasteiger partial charge in [-0.05, 0) is 42.3 Å². The quantitative estimate of drug-likeness (QED) is 0.343. The van der Waals surface area contributed by atoms with Crippen LogP contribution in [0.1, 0.15) is 11.1 Å². The monoisotopic (exact) mass is 388 g/mol. The second-order valence-corrected chi connectivity index (χ2v) is 6.17. The molecule has 1 saturated heterocycles. The van der Waals surface area contributed by atoms with Gasteiger partial charge < -0.3 is 9.47 Å². The van der Waals surface area contributed by atoms with Gasteiger partial charge in [0.05, 0.1) is 12.8 Å². The van der Waals surface area contributed by atoms with E-state index in [1.165, 1.54) is 18.2 Å². The van der Waals surface area contributed by atoms with E-state index >= 15 is 0 Å². The van der Waals surface area contributed by atoms with Gasteiger partial charge in [-0.3, -0.25) is 15.0 Å². The van der Waals surface area contributed by atoms with E-state index in [0.29, 0.717) is 29.2 Å². The molecule has 2 amide bonds. The Morgan fingerprint density at radius 2 is 2.00 bits per heavy atom. The summed E-state index contributed by atoms with van der Waals surface area (Å²) >= 11 is 0. The Hall–Kier alpha value is -3.98. The number of rotatable bonds is 7. The summed E-state index contributed by atoms with van der Waals surface area (Å²) in [6.07, 6.45) is 9.04. The number of allylic oxidation sites excluding steroid dienone is 1. The van der Waals surface area contributed by atoms with Gasteiger partial charge in [-0.25, -0.2) is 5.01 Å². The lowest BCUT2D eigenvalue weighted by Crippen LogP contribution is -2.35. The number of carbonyl (C=O) groups excluding carboxylic acids is 2. The van der Waals surface area contributed by atoms with Gasteiger partial charge in [0.2, 0.25) is 0 Å². The van der Waals surface area contributed by atoms with E-state index in [0.717, 1.165) is 5.56 Å². The van der Waals surface area contributed by atoms with Gasteiger partial charge in [0.15, 0.2) is 11.5 Å². The third kappa shape index (κ3) is 4.14. The zero-order chi connectivity index (χ0) is 20.8. The van der Waals surface area contributed by atoms with E-state index in [1.54, 1.807) is 36.4 Å². The summed E-state index contributed by atoms with van der Waals surface area (Å²) in [5.41, 5.74) is 4.60. The molecule has 29 heavy (non-hydrogen) atoms. The summed E-state index contributed by atoms with van der Waals surface area (Å²) in [7, 11) is 1.51. The zero-order valence-corrected chi connectivity index (χ0v) is 16.0. The molecule has 1 N–H and O–H groups in total. The van der Waals surface area contributed by atoms with Gasteiger partial charge in [-0.15, -0.1) is 13.0 Å². The first-order valence-corrected chi connectivity index (χ1v) is 8.89. The van der Waals surface area contributed by atoms with E-state index in [1.807, 2.05) is 12.1 Å². The van der Waals surface area contributed by atoms with Crippen molar-refractivity contribution in [1.82, 2.24) is 5.43 Å². The molecule has 1 heterocycles. The second-order valence-electron chi connectivity index (χ2n) is 6.17. The number of carbonyl (C=O) groups is 2. The molecule has 0 aromatic heterocycles. The molecule has 0 saturated carbocycles. The Bertz CT molecular complexity index is 1020. The maximum absolute atomic E-state index is 12.8. The molecule has 0 bridgehead atoms. The first-order chi connectivity index (χ1) is 14.1. The number of methoxy groups -OCH3 is 1. The third-order valence-electron chi connectivity index (χ3n) is 4.25. The number of terminal acetylenes is 1. The van der Waals surface area contributed by atoms with Crippen LogP contribution in [0.15, 0.2) is 60.7 Å². The minimum Gasteiger partial charge on any atom is -0.493 e. The van der Waals surface area contributed by atoms with Crippen LogP contribution in [-0.4, -0.2) is 25.5 Å². The molecule has 6 heteroatoms. The van der Waals surface area contributed by atoms with E-state index in [2.05, 4.69) is 17.9 Å². The average molecular weight is 388 g/mol. The Kier molecular flexibility index (Phi) is 6.00. The van der Waals surface area contributed by atoms with Crippen LogP contribution in [0.5, 0.6) is 11.5 Å². The highest BCUT2D eigenvalue weighted by Gasteiger charge is 2.34. The maximum atomic E-state index is 12.8. The van der Waals surface area contributed by atoms with Crippen molar-refractivity contribution in [1.29, 1.82) is 0 Å². The van der Waals surface area contributed by atoms with Crippen molar-refractivity contribution >= 4 is 23.6 Å². The van der Waals surface area contributed by atoms with Crippen LogP contribution in [0, 0.1) is 12.3 Å². The number of hydrogen-bond donors (Lipinski definition) is 1. The highest BCUT2D eigenvalue weighted by Crippen LogP contribution is 2.34. The minimum atomic E-state index is -0.476. The third-order valence-corrected chi connectivity index (χ3v) is 4.25. The molecule has 1 aliphatic heterocycles. The van der Waals surface area contributed by atoms with Crippen LogP contribution in [0.25, 0.3) is 6.08 Å². The van der Waals surface area contributed by atoms with E-state index < -0.39 is 11.8 Å². The Balaban J connectivity index is 2.00. The van der Waals surface area contributed by atoms with Crippen molar-refractivity contribution in [3.05, 3.63) is 71.8 Å². The molecule has 0 aliphatic carbocycles. The molecular weight excluding hydrogens is 368 g/mol. The number of hydrogen-bond acceptors (Lipinski definition) is 4. The van der Waals surface area contributed by atoms with Gasteiger partial charge in [0.1, 0.15) is 12.2 Å². The number of para-hydroxylation sites is 1.